The van der Waals surface area contributed by atoms with E-state index in [-0.39, 0.29) is 17.9 Å². The number of nitrogens with one attached hydrogen (secondary N) is 1. The molecule has 1 aromatic rings. The van der Waals surface area contributed by atoms with Gasteiger partial charge < -0.3 is 10.2 Å². The summed E-state index contributed by atoms with van der Waals surface area (Å²) in [7, 11) is 0. The highest BCUT2D eigenvalue weighted by Crippen LogP contribution is 2.37. The third-order valence-electron chi connectivity index (χ3n) is 3.63. The van der Waals surface area contributed by atoms with Crippen molar-refractivity contribution in [1.29, 1.82) is 0 Å². The molecule has 5 nitrogen and oxygen atoms in total. The van der Waals surface area contributed by atoms with Crippen molar-refractivity contribution in [2.24, 2.45) is 0 Å². The topological polar surface area (TPSA) is 52.7 Å². The molecule has 1 N–H and O–H groups in total. The highest BCUT2D eigenvalue weighted by molar-refractivity contribution is 6.14. The normalized spacial score (nSPS) is 22.6. The number of fused-ring (bicyclic) bond motifs is 3. The molecule has 0 spiro atoms. The summed E-state index contributed by atoms with van der Waals surface area (Å²) in [4.78, 5) is 28.1. The van der Waals surface area contributed by atoms with Crippen molar-refractivity contribution in [1.82, 2.24) is 5.32 Å². The summed E-state index contributed by atoms with van der Waals surface area (Å²) in [6, 6.07) is 7.27. The molecule has 1 fully saturated rings. The van der Waals surface area contributed by atoms with E-state index in [4.69, 9.17) is 0 Å². The van der Waals surface area contributed by atoms with Crippen molar-refractivity contribution in [3.8, 4) is 0 Å². The van der Waals surface area contributed by atoms with Crippen LogP contribution in [0, 0.1) is 0 Å². The van der Waals surface area contributed by atoms with E-state index in [1.165, 1.54) is 0 Å². The monoisotopic (exact) mass is 259 g/mol. The van der Waals surface area contributed by atoms with E-state index in [9.17, 15) is 9.59 Å². The molecular weight excluding hydrogens is 242 g/mol. The number of benzene rings is 1. The van der Waals surface area contributed by atoms with Gasteiger partial charge in [-0.25, -0.2) is 0 Å². The quantitative estimate of drug-likeness (QED) is 0.809. The molecule has 1 atom stereocenters. The predicted octanol–water partition coefficient (Wildman–Crippen LogP) is 0.746. The molecule has 3 rings (SSSR count). The van der Waals surface area contributed by atoms with E-state index in [0.717, 1.165) is 11.4 Å². The molecule has 100 valence electrons. The van der Waals surface area contributed by atoms with Gasteiger partial charge in [0, 0.05) is 12.6 Å². The molecule has 2 amide bonds. The molecule has 1 aromatic carbocycles. The number of hydrogen-bond acceptors (Lipinski definition) is 3. The minimum absolute atomic E-state index is 0.00532. The van der Waals surface area contributed by atoms with E-state index in [0.29, 0.717) is 13.1 Å². The van der Waals surface area contributed by atoms with E-state index in [2.05, 4.69) is 5.32 Å². The summed E-state index contributed by atoms with van der Waals surface area (Å²) >= 11 is 0. The largest absolute Gasteiger partial charge is 0.306 e. The third-order valence-corrected chi connectivity index (χ3v) is 3.63. The Morgan fingerprint density at radius 2 is 1.89 bits per heavy atom. The van der Waals surface area contributed by atoms with Gasteiger partial charge >= 0.3 is 0 Å². The smallest absolute Gasteiger partial charge is 0.251 e. The number of amides is 2. The number of nitrogens with zero attached hydrogens (tertiary/aromatic N) is 2. The van der Waals surface area contributed by atoms with Crippen LogP contribution >= 0.6 is 0 Å². The third kappa shape index (κ3) is 1.73. The Labute approximate surface area is 112 Å². The maximum absolute atomic E-state index is 12.6. The molecule has 0 bridgehead atoms. The first kappa shape index (κ1) is 12.2. The van der Waals surface area contributed by atoms with Crippen molar-refractivity contribution in [3.63, 3.8) is 0 Å². The zero-order chi connectivity index (χ0) is 13.6. The van der Waals surface area contributed by atoms with Crippen LogP contribution in [0.4, 0.5) is 11.4 Å². The maximum Gasteiger partial charge on any atom is 0.251 e. The van der Waals surface area contributed by atoms with Gasteiger partial charge in [-0.3, -0.25) is 14.5 Å². The summed E-state index contributed by atoms with van der Waals surface area (Å²) in [6.07, 6.45) is 0. The number of carbonyl (C=O) groups excluding carboxylic acids is 2. The molecule has 2 aliphatic rings. The molecule has 5 heteroatoms. The van der Waals surface area contributed by atoms with E-state index < -0.39 is 6.04 Å². The molecule has 0 radical (unpaired) electrons. The van der Waals surface area contributed by atoms with Crippen molar-refractivity contribution < 1.29 is 9.59 Å². The van der Waals surface area contributed by atoms with Crippen molar-refractivity contribution in [2.75, 3.05) is 22.9 Å². The van der Waals surface area contributed by atoms with Crippen LogP contribution in [0.15, 0.2) is 24.3 Å². The average molecular weight is 259 g/mol. The molecule has 0 aliphatic carbocycles. The van der Waals surface area contributed by atoms with Gasteiger partial charge in [0.05, 0.1) is 17.9 Å². The Kier molecular flexibility index (Phi) is 2.78. The van der Waals surface area contributed by atoms with Crippen LogP contribution in [-0.4, -0.2) is 37.0 Å². The number of anilines is 2. The lowest BCUT2D eigenvalue weighted by Crippen LogP contribution is -2.65. The summed E-state index contributed by atoms with van der Waals surface area (Å²) in [5.41, 5.74) is 1.67. The number of rotatable bonds is 1. The van der Waals surface area contributed by atoms with Crippen LogP contribution < -0.4 is 15.1 Å². The minimum Gasteiger partial charge on any atom is -0.306 e. The van der Waals surface area contributed by atoms with Crippen LogP contribution in [0.1, 0.15) is 13.8 Å². The standard InChI is InChI=1S/C14H17N3O2/c1-9(2)16-10-5-3-4-6-11(10)17-12(14(16)19)7-15-8-13(17)18/h3-6,9,12,15H,7-8H2,1-2H3. The molecular formula is C14H17N3O2. The van der Waals surface area contributed by atoms with Gasteiger partial charge in [-0.1, -0.05) is 12.1 Å². The number of hydrogen-bond donors (Lipinski definition) is 1. The van der Waals surface area contributed by atoms with E-state index in [1.54, 1.807) is 9.80 Å². The molecule has 19 heavy (non-hydrogen) atoms. The molecule has 2 aliphatic heterocycles. The van der Waals surface area contributed by atoms with Gasteiger partial charge in [-0.15, -0.1) is 0 Å². The first-order valence-electron chi connectivity index (χ1n) is 6.56. The number of carbonyl (C=O) groups is 2. The van der Waals surface area contributed by atoms with E-state index >= 15 is 0 Å². The SMILES string of the molecule is CC(C)N1C(=O)C2CNCC(=O)N2c2ccccc21. The van der Waals surface area contributed by atoms with Crippen LogP contribution in [0.5, 0.6) is 0 Å². The summed E-state index contributed by atoms with van der Waals surface area (Å²) in [5.74, 6) is -0.0466. The second-order valence-electron chi connectivity index (χ2n) is 5.20. The van der Waals surface area contributed by atoms with Gasteiger partial charge in [-0.2, -0.15) is 0 Å². The average Bonchev–Trinajstić information content (AvgIpc) is 2.39. The lowest BCUT2D eigenvalue weighted by molar-refractivity contribution is -0.126. The lowest BCUT2D eigenvalue weighted by Gasteiger charge is -2.45. The highest BCUT2D eigenvalue weighted by Gasteiger charge is 2.43. The fraction of sp³-hybridized carbons (Fsp3) is 0.429. The summed E-state index contributed by atoms with van der Waals surface area (Å²) in [6.45, 7) is 4.78. The van der Waals surface area contributed by atoms with Gasteiger partial charge in [0.1, 0.15) is 6.04 Å². The van der Waals surface area contributed by atoms with Crippen LogP contribution in [0.3, 0.4) is 0 Å². The minimum atomic E-state index is -0.418. The van der Waals surface area contributed by atoms with Gasteiger partial charge in [0.25, 0.3) is 5.91 Å². The molecule has 2 heterocycles. The number of para-hydroxylation sites is 2. The molecule has 1 unspecified atom stereocenters. The molecule has 0 saturated carbocycles. The maximum atomic E-state index is 12.6. The van der Waals surface area contributed by atoms with Crippen LogP contribution in [-0.2, 0) is 9.59 Å². The van der Waals surface area contributed by atoms with Crippen molar-refractivity contribution in [3.05, 3.63) is 24.3 Å². The summed E-state index contributed by atoms with van der Waals surface area (Å²) < 4.78 is 0. The predicted molar refractivity (Wildman–Crippen MR) is 73.2 cm³/mol. The lowest BCUT2D eigenvalue weighted by atomic mass is 10.0. The Bertz CT molecular complexity index is 541. The zero-order valence-electron chi connectivity index (χ0n) is 11.1. The van der Waals surface area contributed by atoms with Crippen molar-refractivity contribution >= 4 is 23.2 Å². The zero-order valence-corrected chi connectivity index (χ0v) is 11.1. The fourth-order valence-electron chi connectivity index (χ4n) is 2.85. The van der Waals surface area contributed by atoms with E-state index in [1.807, 2.05) is 38.1 Å². The second-order valence-corrected chi connectivity index (χ2v) is 5.20. The van der Waals surface area contributed by atoms with Crippen LogP contribution in [0.2, 0.25) is 0 Å². The molecule has 1 saturated heterocycles. The van der Waals surface area contributed by atoms with Gasteiger partial charge in [0.15, 0.2) is 0 Å². The Balaban J connectivity index is 2.17. The first-order valence-corrected chi connectivity index (χ1v) is 6.56. The fourth-order valence-corrected chi connectivity index (χ4v) is 2.85. The summed E-state index contributed by atoms with van der Waals surface area (Å²) in [5, 5.41) is 3.02. The Morgan fingerprint density at radius 1 is 1.21 bits per heavy atom. The van der Waals surface area contributed by atoms with Crippen molar-refractivity contribution in [2.45, 2.75) is 25.9 Å². The van der Waals surface area contributed by atoms with Crippen LogP contribution in [0.25, 0.3) is 0 Å². The number of piperazine rings is 1. The van der Waals surface area contributed by atoms with Gasteiger partial charge in [0.2, 0.25) is 5.91 Å². The Morgan fingerprint density at radius 3 is 2.58 bits per heavy atom. The van der Waals surface area contributed by atoms with Gasteiger partial charge in [-0.05, 0) is 26.0 Å². The molecule has 0 aromatic heterocycles. The first-order chi connectivity index (χ1) is 9.11. The highest BCUT2D eigenvalue weighted by atomic mass is 16.2. The Hall–Kier alpha value is -1.88. The second kappa shape index (κ2) is 4.35.